The Bertz CT molecular complexity index is 667. The van der Waals surface area contributed by atoms with Gasteiger partial charge in [-0.05, 0) is 12.1 Å². The van der Waals surface area contributed by atoms with Gasteiger partial charge in [-0.2, -0.15) is 5.10 Å². The van der Waals surface area contributed by atoms with Gasteiger partial charge in [-0.3, -0.25) is 9.48 Å². The lowest BCUT2D eigenvalue weighted by molar-refractivity contribution is 0.0594. The Labute approximate surface area is 120 Å². The van der Waals surface area contributed by atoms with Crippen molar-refractivity contribution in [2.24, 2.45) is 7.05 Å². The number of aromatic nitrogens is 2. The van der Waals surface area contributed by atoms with E-state index in [0.29, 0.717) is 10.6 Å². The predicted octanol–water partition coefficient (Wildman–Crippen LogP) is 2.11. The number of methoxy groups -OCH3 is 1. The maximum Gasteiger partial charge on any atom is 0.360 e. The van der Waals surface area contributed by atoms with Crippen molar-refractivity contribution in [3.63, 3.8) is 0 Å². The van der Waals surface area contributed by atoms with Crippen LogP contribution in [0.3, 0.4) is 0 Å². The molecule has 0 aliphatic carbocycles. The Morgan fingerprint density at radius 2 is 2.05 bits per heavy atom. The summed E-state index contributed by atoms with van der Waals surface area (Å²) < 4.78 is 6.02. The van der Waals surface area contributed by atoms with Crippen LogP contribution in [0.25, 0.3) is 0 Å². The third-order valence-electron chi connectivity index (χ3n) is 2.57. The van der Waals surface area contributed by atoms with Gasteiger partial charge in [0.05, 0.1) is 23.4 Å². The number of nitrogens with one attached hydrogen (secondary N) is 1. The summed E-state index contributed by atoms with van der Waals surface area (Å²) in [5.41, 5.74) is 0.619. The van der Waals surface area contributed by atoms with Crippen LogP contribution in [0.15, 0.2) is 30.5 Å². The third-order valence-corrected chi connectivity index (χ3v) is 2.90. The van der Waals surface area contributed by atoms with Gasteiger partial charge in [0, 0.05) is 13.2 Å². The standard InChI is InChI=1S/C13H12ClN3O3/c1-17-7-10(11(16-17)13(19)20-2)15-12(18)8-5-3-4-6-9(8)14/h3-7H,1-2H3,(H,15,18). The van der Waals surface area contributed by atoms with Crippen molar-refractivity contribution in [1.82, 2.24) is 9.78 Å². The van der Waals surface area contributed by atoms with Gasteiger partial charge in [-0.25, -0.2) is 4.79 Å². The van der Waals surface area contributed by atoms with Crippen molar-refractivity contribution >= 4 is 29.2 Å². The number of hydrogen-bond acceptors (Lipinski definition) is 4. The lowest BCUT2D eigenvalue weighted by Crippen LogP contribution is -2.15. The fourth-order valence-corrected chi connectivity index (χ4v) is 1.88. The van der Waals surface area contributed by atoms with Gasteiger partial charge in [0.15, 0.2) is 5.69 Å². The molecule has 0 aliphatic rings. The maximum atomic E-state index is 12.1. The normalized spacial score (nSPS) is 10.2. The Kier molecular flexibility index (Phi) is 4.05. The molecule has 6 nitrogen and oxygen atoms in total. The first-order valence-corrected chi connectivity index (χ1v) is 6.08. The number of aryl methyl sites for hydroxylation is 1. The maximum absolute atomic E-state index is 12.1. The molecule has 1 N–H and O–H groups in total. The summed E-state index contributed by atoms with van der Waals surface area (Å²) in [5, 5.41) is 6.87. The number of amides is 1. The van der Waals surface area contributed by atoms with Crippen LogP contribution in [-0.4, -0.2) is 28.8 Å². The summed E-state index contributed by atoms with van der Waals surface area (Å²) >= 11 is 5.95. The highest BCUT2D eigenvalue weighted by molar-refractivity contribution is 6.34. The minimum Gasteiger partial charge on any atom is -0.464 e. The molecule has 1 aromatic carbocycles. The second-order valence-corrected chi connectivity index (χ2v) is 4.40. The van der Waals surface area contributed by atoms with Gasteiger partial charge in [0.2, 0.25) is 0 Å². The smallest absolute Gasteiger partial charge is 0.360 e. The molecule has 20 heavy (non-hydrogen) atoms. The Hall–Kier alpha value is -2.34. The second-order valence-electron chi connectivity index (χ2n) is 3.99. The van der Waals surface area contributed by atoms with Crippen LogP contribution in [-0.2, 0) is 11.8 Å². The zero-order chi connectivity index (χ0) is 14.7. The molecule has 0 saturated heterocycles. The molecule has 0 fully saturated rings. The number of esters is 1. The largest absolute Gasteiger partial charge is 0.464 e. The average molecular weight is 294 g/mol. The monoisotopic (exact) mass is 293 g/mol. The number of rotatable bonds is 3. The average Bonchev–Trinajstić information content (AvgIpc) is 2.79. The van der Waals surface area contributed by atoms with Gasteiger partial charge in [0.25, 0.3) is 5.91 Å². The molecule has 2 rings (SSSR count). The van der Waals surface area contributed by atoms with Crippen molar-refractivity contribution in [3.8, 4) is 0 Å². The summed E-state index contributed by atoms with van der Waals surface area (Å²) in [5.74, 6) is -1.05. The van der Waals surface area contributed by atoms with E-state index in [0.717, 1.165) is 0 Å². The molecule has 0 spiro atoms. The SMILES string of the molecule is COC(=O)c1nn(C)cc1NC(=O)c1ccccc1Cl. The van der Waals surface area contributed by atoms with E-state index in [1.54, 1.807) is 31.3 Å². The first-order chi connectivity index (χ1) is 9.52. The summed E-state index contributed by atoms with van der Waals surface area (Å²) in [6, 6.07) is 6.63. The minimum atomic E-state index is -0.625. The second kappa shape index (κ2) is 5.75. The van der Waals surface area contributed by atoms with Crippen molar-refractivity contribution < 1.29 is 14.3 Å². The first kappa shape index (κ1) is 14.1. The Balaban J connectivity index is 2.29. The molecule has 104 valence electrons. The van der Waals surface area contributed by atoms with Crippen molar-refractivity contribution in [2.75, 3.05) is 12.4 Å². The van der Waals surface area contributed by atoms with Gasteiger partial charge < -0.3 is 10.1 Å². The van der Waals surface area contributed by atoms with E-state index in [1.165, 1.54) is 18.0 Å². The molecular formula is C13H12ClN3O3. The minimum absolute atomic E-state index is 0.0374. The zero-order valence-corrected chi connectivity index (χ0v) is 11.6. The van der Waals surface area contributed by atoms with E-state index in [2.05, 4.69) is 15.2 Å². The number of nitrogens with zero attached hydrogens (tertiary/aromatic N) is 2. The predicted molar refractivity (Wildman–Crippen MR) is 74.0 cm³/mol. The van der Waals surface area contributed by atoms with E-state index >= 15 is 0 Å². The van der Waals surface area contributed by atoms with E-state index in [4.69, 9.17) is 11.6 Å². The van der Waals surface area contributed by atoms with Gasteiger partial charge in [-0.15, -0.1) is 0 Å². The highest BCUT2D eigenvalue weighted by Crippen LogP contribution is 2.19. The van der Waals surface area contributed by atoms with E-state index in [9.17, 15) is 9.59 Å². The summed E-state index contributed by atoms with van der Waals surface area (Å²) in [6.07, 6.45) is 1.51. The molecule has 2 aromatic rings. The van der Waals surface area contributed by atoms with Gasteiger partial charge >= 0.3 is 5.97 Å². The fourth-order valence-electron chi connectivity index (χ4n) is 1.66. The molecule has 1 heterocycles. The molecular weight excluding hydrogens is 282 g/mol. The van der Waals surface area contributed by atoms with Crippen molar-refractivity contribution in [3.05, 3.63) is 46.7 Å². The van der Waals surface area contributed by atoms with E-state index in [-0.39, 0.29) is 11.4 Å². The molecule has 0 atom stereocenters. The lowest BCUT2D eigenvalue weighted by Gasteiger charge is -2.05. The molecule has 0 radical (unpaired) electrons. The highest BCUT2D eigenvalue weighted by Gasteiger charge is 2.19. The number of anilines is 1. The lowest BCUT2D eigenvalue weighted by atomic mass is 10.2. The van der Waals surface area contributed by atoms with E-state index < -0.39 is 11.9 Å². The number of ether oxygens (including phenoxy) is 1. The van der Waals surface area contributed by atoms with Crippen molar-refractivity contribution in [1.29, 1.82) is 0 Å². The number of carbonyl (C=O) groups excluding carboxylic acids is 2. The highest BCUT2D eigenvalue weighted by atomic mass is 35.5. The molecule has 0 bridgehead atoms. The van der Waals surface area contributed by atoms with Crippen LogP contribution in [0.2, 0.25) is 5.02 Å². The van der Waals surface area contributed by atoms with Crippen LogP contribution in [0, 0.1) is 0 Å². The number of halogens is 1. The third kappa shape index (κ3) is 2.80. The number of benzene rings is 1. The van der Waals surface area contributed by atoms with Crippen LogP contribution in [0.1, 0.15) is 20.8 Å². The summed E-state index contributed by atoms with van der Waals surface area (Å²) in [6.45, 7) is 0. The molecule has 0 aliphatic heterocycles. The topological polar surface area (TPSA) is 73.2 Å². The molecule has 0 unspecified atom stereocenters. The van der Waals surface area contributed by atoms with E-state index in [1.807, 2.05) is 0 Å². The Morgan fingerprint density at radius 3 is 2.70 bits per heavy atom. The van der Waals surface area contributed by atoms with Crippen LogP contribution in [0.4, 0.5) is 5.69 Å². The molecule has 7 heteroatoms. The Morgan fingerprint density at radius 1 is 1.35 bits per heavy atom. The van der Waals surface area contributed by atoms with Crippen molar-refractivity contribution in [2.45, 2.75) is 0 Å². The van der Waals surface area contributed by atoms with Crippen LogP contribution < -0.4 is 5.32 Å². The fraction of sp³-hybridized carbons (Fsp3) is 0.154. The number of hydrogen-bond donors (Lipinski definition) is 1. The van der Waals surface area contributed by atoms with Gasteiger partial charge in [0.1, 0.15) is 0 Å². The number of carbonyl (C=O) groups is 2. The first-order valence-electron chi connectivity index (χ1n) is 5.70. The molecule has 1 amide bonds. The van der Waals surface area contributed by atoms with Crippen LogP contribution >= 0.6 is 11.6 Å². The molecule has 0 saturated carbocycles. The molecule has 1 aromatic heterocycles. The zero-order valence-electron chi connectivity index (χ0n) is 10.9. The van der Waals surface area contributed by atoms with Gasteiger partial charge in [-0.1, -0.05) is 23.7 Å². The quantitative estimate of drug-likeness (QED) is 0.880. The summed E-state index contributed by atoms with van der Waals surface area (Å²) in [4.78, 5) is 23.7. The summed E-state index contributed by atoms with van der Waals surface area (Å²) in [7, 11) is 2.88. The van der Waals surface area contributed by atoms with Crippen LogP contribution in [0.5, 0.6) is 0 Å².